The molecule has 1 aromatic carbocycles. The third kappa shape index (κ3) is 2.77. The molecule has 0 bridgehead atoms. The zero-order valence-electron chi connectivity index (χ0n) is 11.0. The van der Waals surface area contributed by atoms with Crippen molar-refractivity contribution in [1.82, 2.24) is 9.38 Å². The summed E-state index contributed by atoms with van der Waals surface area (Å²) in [6.07, 6.45) is 4.04. The number of rotatable bonds is 3. The third-order valence-electron chi connectivity index (χ3n) is 2.93. The molecule has 0 unspecified atom stereocenters. The van der Waals surface area contributed by atoms with Gasteiger partial charge in [-0.05, 0) is 36.8 Å². The zero-order chi connectivity index (χ0) is 14.1. The molecule has 2 N–H and O–H groups in total. The summed E-state index contributed by atoms with van der Waals surface area (Å²) >= 11 is 1.53. The zero-order valence-corrected chi connectivity index (χ0v) is 11.8. The average Bonchev–Trinajstić information content (AvgIpc) is 2.77. The van der Waals surface area contributed by atoms with Crippen molar-refractivity contribution in [2.24, 2.45) is 0 Å². The summed E-state index contributed by atoms with van der Waals surface area (Å²) in [5, 5.41) is 0. The Hall–Kier alpha value is -2.01. The fourth-order valence-electron chi connectivity index (χ4n) is 2.05. The van der Waals surface area contributed by atoms with Crippen molar-refractivity contribution in [3.63, 3.8) is 0 Å². The van der Waals surface area contributed by atoms with Crippen LogP contribution in [0.2, 0.25) is 0 Å². The number of fused-ring (bicyclic) bond motifs is 1. The Bertz CT molecular complexity index is 747. The number of hydrogen-bond acceptors (Lipinski definition) is 3. The maximum Gasteiger partial charge on any atom is 0.137 e. The molecule has 102 valence electrons. The number of nitrogens with zero attached hydrogens (tertiary/aromatic N) is 2. The molecule has 0 fully saturated rings. The van der Waals surface area contributed by atoms with Gasteiger partial charge in [0.05, 0.1) is 5.69 Å². The highest BCUT2D eigenvalue weighted by Gasteiger charge is 2.04. The van der Waals surface area contributed by atoms with E-state index in [9.17, 15) is 4.39 Å². The van der Waals surface area contributed by atoms with Crippen molar-refractivity contribution in [1.29, 1.82) is 0 Å². The molecule has 5 heteroatoms. The number of benzene rings is 1. The van der Waals surface area contributed by atoms with Crippen LogP contribution in [0.4, 0.5) is 10.1 Å². The maximum absolute atomic E-state index is 13.3. The first-order chi connectivity index (χ1) is 9.60. The normalized spacial score (nSPS) is 11.1. The number of aryl methyl sites for hydroxylation is 1. The Kier molecular flexibility index (Phi) is 3.36. The molecular weight excluding hydrogens is 273 g/mol. The van der Waals surface area contributed by atoms with Crippen LogP contribution in [0.25, 0.3) is 5.65 Å². The predicted octanol–water partition coefficient (Wildman–Crippen LogP) is 3.66. The van der Waals surface area contributed by atoms with Crippen LogP contribution in [-0.4, -0.2) is 9.38 Å². The van der Waals surface area contributed by atoms with Gasteiger partial charge in [0, 0.05) is 28.7 Å². The number of halogens is 1. The molecule has 0 saturated heterocycles. The van der Waals surface area contributed by atoms with Crippen LogP contribution in [0.5, 0.6) is 0 Å². The lowest BCUT2D eigenvalue weighted by molar-refractivity contribution is 0.625. The van der Waals surface area contributed by atoms with Gasteiger partial charge in [-0.3, -0.25) is 0 Å². The molecule has 3 rings (SSSR count). The minimum atomic E-state index is -0.307. The van der Waals surface area contributed by atoms with Crippen molar-refractivity contribution in [2.45, 2.75) is 17.6 Å². The fraction of sp³-hybridized carbons (Fsp3) is 0.133. The van der Waals surface area contributed by atoms with E-state index in [1.54, 1.807) is 6.07 Å². The second-order valence-electron chi connectivity index (χ2n) is 4.71. The summed E-state index contributed by atoms with van der Waals surface area (Å²) in [5.74, 6) is 0.377. The van der Waals surface area contributed by atoms with Crippen LogP contribution in [-0.2, 0) is 5.75 Å². The minimum absolute atomic E-state index is 0.307. The van der Waals surface area contributed by atoms with Crippen molar-refractivity contribution in [3.8, 4) is 0 Å². The van der Waals surface area contributed by atoms with Gasteiger partial charge in [0.2, 0.25) is 0 Å². The van der Waals surface area contributed by atoms with E-state index < -0.39 is 0 Å². The first kappa shape index (κ1) is 13.0. The minimum Gasteiger partial charge on any atom is -0.399 e. The van der Waals surface area contributed by atoms with Gasteiger partial charge >= 0.3 is 0 Å². The molecule has 0 atom stereocenters. The van der Waals surface area contributed by atoms with Gasteiger partial charge in [0.1, 0.15) is 11.5 Å². The van der Waals surface area contributed by atoms with Crippen LogP contribution in [0.15, 0.2) is 47.6 Å². The number of nitrogens with two attached hydrogens (primary N) is 1. The number of hydrogen-bond donors (Lipinski definition) is 1. The molecule has 0 radical (unpaired) electrons. The quantitative estimate of drug-likeness (QED) is 0.590. The second kappa shape index (κ2) is 5.17. The van der Waals surface area contributed by atoms with E-state index in [2.05, 4.69) is 4.98 Å². The Morgan fingerprint density at radius 3 is 2.90 bits per heavy atom. The largest absolute Gasteiger partial charge is 0.399 e. The molecule has 20 heavy (non-hydrogen) atoms. The molecule has 0 saturated carbocycles. The van der Waals surface area contributed by atoms with Crippen molar-refractivity contribution in [3.05, 3.63) is 59.8 Å². The highest BCUT2D eigenvalue weighted by atomic mass is 32.2. The lowest BCUT2D eigenvalue weighted by Gasteiger charge is -2.01. The van der Waals surface area contributed by atoms with Crippen molar-refractivity contribution < 1.29 is 4.39 Å². The standard InChI is InChI=1S/C15H14FN3S/c1-10-2-3-15-18-13(8-19(15)7-10)9-20-14-5-11(16)4-12(17)6-14/h2-8H,9,17H2,1H3. The molecule has 0 amide bonds. The first-order valence-electron chi connectivity index (χ1n) is 6.23. The van der Waals surface area contributed by atoms with Gasteiger partial charge in [0.15, 0.2) is 0 Å². The summed E-state index contributed by atoms with van der Waals surface area (Å²) in [7, 11) is 0. The number of pyridine rings is 1. The lowest BCUT2D eigenvalue weighted by Crippen LogP contribution is -1.88. The van der Waals surface area contributed by atoms with E-state index in [0.29, 0.717) is 11.4 Å². The molecular formula is C15H14FN3S. The van der Waals surface area contributed by atoms with Crippen LogP contribution >= 0.6 is 11.8 Å². The SMILES string of the molecule is Cc1ccc2nc(CSc3cc(N)cc(F)c3)cn2c1. The van der Waals surface area contributed by atoms with E-state index in [-0.39, 0.29) is 5.82 Å². The van der Waals surface area contributed by atoms with Gasteiger partial charge in [-0.25, -0.2) is 9.37 Å². The van der Waals surface area contributed by atoms with E-state index in [0.717, 1.165) is 16.2 Å². The van der Waals surface area contributed by atoms with E-state index >= 15 is 0 Å². The Labute approximate surface area is 120 Å². The molecule has 0 aliphatic rings. The number of aromatic nitrogens is 2. The Balaban J connectivity index is 1.79. The van der Waals surface area contributed by atoms with Crippen molar-refractivity contribution in [2.75, 3.05) is 5.73 Å². The number of thioether (sulfide) groups is 1. The molecule has 2 aromatic heterocycles. The van der Waals surface area contributed by atoms with Crippen LogP contribution in [0, 0.1) is 12.7 Å². The van der Waals surface area contributed by atoms with Crippen molar-refractivity contribution >= 4 is 23.1 Å². The summed E-state index contributed by atoms with van der Waals surface area (Å²) in [6, 6.07) is 8.60. The third-order valence-corrected chi connectivity index (χ3v) is 3.94. The Morgan fingerprint density at radius 2 is 2.10 bits per heavy atom. The smallest absolute Gasteiger partial charge is 0.137 e. The second-order valence-corrected chi connectivity index (χ2v) is 5.76. The highest BCUT2D eigenvalue weighted by Crippen LogP contribution is 2.25. The van der Waals surface area contributed by atoms with Crippen LogP contribution < -0.4 is 5.73 Å². The summed E-state index contributed by atoms with van der Waals surface area (Å²) in [4.78, 5) is 5.35. The fourth-order valence-corrected chi connectivity index (χ4v) is 2.92. The summed E-state index contributed by atoms with van der Waals surface area (Å²) in [5.41, 5.74) is 9.15. The first-order valence-corrected chi connectivity index (χ1v) is 7.22. The van der Waals surface area contributed by atoms with Gasteiger partial charge in [-0.15, -0.1) is 11.8 Å². The summed E-state index contributed by atoms with van der Waals surface area (Å²) < 4.78 is 15.3. The molecule has 3 aromatic rings. The monoisotopic (exact) mass is 287 g/mol. The number of anilines is 1. The average molecular weight is 287 g/mol. The molecule has 0 aliphatic heterocycles. The Morgan fingerprint density at radius 1 is 1.25 bits per heavy atom. The maximum atomic E-state index is 13.3. The van der Waals surface area contributed by atoms with E-state index in [4.69, 9.17) is 5.73 Å². The lowest BCUT2D eigenvalue weighted by atomic mass is 10.3. The summed E-state index contributed by atoms with van der Waals surface area (Å²) in [6.45, 7) is 2.05. The van der Waals surface area contributed by atoms with E-state index in [1.165, 1.54) is 29.5 Å². The topological polar surface area (TPSA) is 43.3 Å². The van der Waals surface area contributed by atoms with Crippen LogP contribution in [0.3, 0.4) is 0 Å². The van der Waals surface area contributed by atoms with Crippen LogP contribution in [0.1, 0.15) is 11.3 Å². The van der Waals surface area contributed by atoms with E-state index in [1.807, 2.05) is 35.9 Å². The molecule has 3 nitrogen and oxygen atoms in total. The van der Waals surface area contributed by atoms with Gasteiger partial charge in [-0.1, -0.05) is 6.07 Å². The number of nitrogen functional groups attached to an aromatic ring is 1. The molecule has 2 heterocycles. The van der Waals surface area contributed by atoms with Gasteiger partial charge in [-0.2, -0.15) is 0 Å². The molecule has 0 spiro atoms. The predicted molar refractivity (Wildman–Crippen MR) is 80.3 cm³/mol. The highest BCUT2D eigenvalue weighted by molar-refractivity contribution is 7.98. The molecule has 0 aliphatic carbocycles. The van der Waals surface area contributed by atoms with Gasteiger partial charge < -0.3 is 10.1 Å². The van der Waals surface area contributed by atoms with Gasteiger partial charge in [0.25, 0.3) is 0 Å². The number of imidazole rings is 1.